The predicted molar refractivity (Wildman–Crippen MR) is 99.2 cm³/mol. The Balaban J connectivity index is 1.60. The van der Waals surface area contributed by atoms with E-state index >= 15 is 0 Å². The van der Waals surface area contributed by atoms with Gasteiger partial charge in [0.05, 0.1) is 0 Å². The molecular formula is C20H22ClFN2O2. The van der Waals surface area contributed by atoms with Gasteiger partial charge in [-0.1, -0.05) is 41.9 Å². The Morgan fingerprint density at radius 1 is 1.19 bits per heavy atom. The Morgan fingerprint density at radius 2 is 1.96 bits per heavy atom. The molecule has 6 heteroatoms. The average Bonchev–Trinajstić information content (AvgIpc) is 2.59. The molecule has 2 N–H and O–H groups in total. The topological polar surface area (TPSA) is 52.6 Å². The van der Waals surface area contributed by atoms with Crippen molar-refractivity contribution in [3.05, 3.63) is 70.5 Å². The summed E-state index contributed by atoms with van der Waals surface area (Å²) in [4.78, 5) is 14.5. The highest BCUT2D eigenvalue weighted by Crippen LogP contribution is 2.24. The number of carbonyl (C=O) groups is 1. The third kappa shape index (κ3) is 4.61. The van der Waals surface area contributed by atoms with E-state index in [9.17, 15) is 14.3 Å². The second-order valence-corrected chi connectivity index (χ2v) is 7.17. The highest BCUT2D eigenvalue weighted by atomic mass is 35.5. The first-order valence-corrected chi connectivity index (χ1v) is 9.05. The van der Waals surface area contributed by atoms with Gasteiger partial charge in [0.25, 0.3) is 5.91 Å². The molecule has 2 aromatic carbocycles. The number of halogens is 2. The molecular weight excluding hydrogens is 355 g/mol. The average molecular weight is 377 g/mol. The molecule has 1 saturated heterocycles. The number of nitrogens with one attached hydrogen (secondary N) is 1. The van der Waals surface area contributed by atoms with Crippen LogP contribution in [0.4, 0.5) is 4.39 Å². The minimum atomic E-state index is -1.44. The van der Waals surface area contributed by atoms with E-state index in [4.69, 9.17) is 11.6 Å². The van der Waals surface area contributed by atoms with Crippen LogP contribution in [0, 0.1) is 5.82 Å². The van der Waals surface area contributed by atoms with Crippen molar-refractivity contribution in [3.8, 4) is 0 Å². The Bertz CT molecular complexity index is 751. The van der Waals surface area contributed by atoms with Crippen LogP contribution in [0.25, 0.3) is 0 Å². The maximum Gasteiger partial charge on any atom is 0.256 e. The lowest BCUT2D eigenvalue weighted by Gasteiger charge is -2.38. The molecule has 1 unspecified atom stereocenters. The summed E-state index contributed by atoms with van der Waals surface area (Å²) >= 11 is 5.85. The number of piperidine rings is 1. The van der Waals surface area contributed by atoms with Crippen LogP contribution in [0.5, 0.6) is 0 Å². The number of amides is 1. The number of hydrogen-bond acceptors (Lipinski definition) is 3. The molecule has 0 saturated carbocycles. The summed E-state index contributed by atoms with van der Waals surface area (Å²) in [5.74, 6) is -0.673. The van der Waals surface area contributed by atoms with Crippen molar-refractivity contribution in [2.45, 2.75) is 31.5 Å². The lowest BCUT2D eigenvalue weighted by molar-refractivity contribution is -0.157. The van der Waals surface area contributed by atoms with Crippen molar-refractivity contribution in [3.63, 3.8) is 0 Å². The molecule has 2 aromatic rings. The van der Waals surface area contributed by atoms with E-state index in [0.717, 1.165) is 12.0 Å². The van der Waals surface area contributed by atoms with Gasteiger partial charge in [0.2, 0.25) is 0 Å². The molecule has 0 aliphatic carbocycles. The van der Waals surface area contributed by atoms with Gasteiger partial charge in [-0.2, -0.15) is 0 Å². The fourth-order valence-electron chi connectivity index (χ4n) is 3.31. The SMILES string of the molecule is O=C1N(Cc2ccccc2)CCCC1(O)CNCc1cc(F)cc(Cl)c1. The zero-order chi connectivity index (χ0) is 18.6. The molecule has 1 heterocycles. The molecule has 138 valence electrons. The van der Waals surface area contributed by atoms with Gasteiger partial charge in [-0.25, -0.2) is 4.39 Å². The predicted octanol–water partition coefficient (Wildman–Crippen LogP) is 3.12. The molecule has 1 fully saturated rings. The van der Waals surface area contributed by atoms with Gasteiger partial charge in [-0.3, -0.25) is 4.79 Å². The lowest BCUT2D eigenvalue weighted by atomic mass is 9.91. The number of hydrogen-bond donors (Lipinski definition) is 2. The van der Waals surface area contributed by atoms with E-state index < -0.39 is 11.4 Å². The van der Waals surface area contributed by atoms with Crippen LogP contribution >= 0.6 is 11.6 Å². The van der Waals surface area contributed by atoms with Gasteiger partial charge in [-0.05, 0) is 42.2 Å². The third-order valence-electron chi connectivity index (χ3n) is 4.59. The van der Waals surface area contributed by atoms with E-state index in [-0.39, 0.29) is 12.5 Å². The standard InChI is InChI=1S/C20H22ClFN2O2/c21-17-9-16(10-18(22)11-17)12-23-14-20(26)7-4-8-24(19(20)25)13-15-5-2-1-3-6-15/h1-3,5-6,9-11,23,26H,4,7-8,12-14H2. The highest BCUT2D eigenvalue weighted by Gasteiger charge is 2.41. The molecule has 0 bridgehead atoms. The first-order valence-electron chi connectivity index (χ1n) is 8.68. The molecule has 4 nitrogen and oxygen atoms in total. The fourth-order valence-corrected chi connectivity index (χ4v) is 3.55. The monoisotopic (exact) mass is 376 g/mol. The lowest BCUT2D eigenvalue weighted by Crippen LogP contribution is -2.57. The van der Waals surface area contributed by atoms with E-state index in [1.807, 2.05) is 30.3 Å². The summed E-state index contributed by atoms with van der Waals surface area (Å²) in [6, 6.07) is 14.0. The van der Waals surface area contributed by atoms with Crippen LogP contribution in [-0.2, 0) is 17.9 Å². The third-order valence-corrected chi connectivity index (χ3v) is 4.81. The second kappa shape index (κ2) is 8.16. The number of aliphatic hydroxyl groups is 1. The van der Waals surface area contributed by atoms with Crippen LogP contribution in [-0.4, -0.2) is 34.6 Å². The molecule has 3 rings (SSSR count). The zero-order valence-electron chi connectivity index (χ0n) is 14.4. The Labute approximate surface area is 157 Å². The van der Waals surface area contributed by atoms with Crippen LogP contribution in [0.1, 0.15) is 24.0 Å². The maximum absolute atomic E-state index is 13.4. The first kappa shape index (κ1) is 18.8. The van der Waals surface area contributed by atoms with E-state index in [0.29, 0.717) is 36.6 Å². The van der Waals surface area contributed by atoms with E-state index in [1.165, 1.54) is 12.1 Å². The first-order chi connectivity index (χ1) is 12.5. The summed E-state index contributed by atoms with van der Waals surface area (Å²) in [5, 5.41) is 14.2. The normalized spacial score (nSPS) is 20.4. The largest absolute Gasteiger partial charge is 0.379 e. The molecule has 0 radical (unpaired) electrons. The van der Waals surface area contributed by atoms with Crippen molar-refractivity contribution in [2.75, 3.05) is 13.1 Å². The van der Waals surface area contributed by atoms with Crippen molar-refractivity contribution in [1.82, 2.24) is 10.2 Å². The van der Waals surface area contributed by atoms with Crippen molar-refractivity contribution >= 4 is 17.5 Å². The van der Waals surface area contributed by atoms with Crippen LogP contribution in [0.3, 0.4) is 0 Å². The van der Waals surface area contributed by atoms with Gasteiger partial charge in [0, 0.05) is 31.2 Å². The summed E-state index contributed by atoms with van der Waals surface area (Å²) in [5.41, 5.74) is 0.264. The smallest absolute Gasteiger partial charge is 0.256 e. The molecule has 1 amide bonds. The minimum Gasteiger partial charge on any atom is -0.379 e. The molecule has 1 aliphatic rings. The molecule has 0 spiro atoms. The summed E-state index contributed by atoms with van der Waals surface area (Å²) in [6.45, 7) is 1.56. The fraction of sp³-hybridized carbons (Fsp3) is 0.350. The van der Waals surface area contributed by atoms with Gasteiger partial charge in [0.15, 0.2) is 5.60 Å². The quantitative estimate of drug-likeness (QED) is 0.814. The van der Waals surface area contributed by atoms with Gasteiger partial charge < -0.3 is 15.3 Å². The van der Waals surface area contributed by atoms with Crippen LogP contribution in [0.2, 0.25) is 5.02 Å². The Morgan fingerprint density at radius 3 is 2.69 bits per heavy atom. The van der Waals surface area contributed by atoms with E-state index in [2.05, 4.69) is 5.32 Å². The van der Waals surface area contributed by atoms with Gasteiger partial charge in [0.1, 0.15) is 5.82 Å². The van der Waals surface area contributed by atoms with Crippen molar-refractivity contribution in [1.29, 1.82) is 0 Å². The number of carbonyl (C=O) groups excluding carboxylic acids is 1. The van der Waals surface area contributed by atoms with Gasteiger partial charge >= 0.3 is 0 Å². The zero-order valence-corrected chi connectivity index (χ0v) is 15.2. The second-order valence-electron chi connectivity index (χ2n) is 6.73. The summed E-state index contributed by atoms with van der Waals surface area (Å²) in [7, 11) is 0. The highest BCUT2D eigenvalue weighted by molar-refractivity contribution is 6.30. The van der Waals surface area contributed by atoms with Crippen molar-refractivity contribution in [2.24, 2.45) is 0 Å². The van der Waals surface area contributed by atoms with Gasteiger partial charge in [-0.15, -0.1) is 0 Å². The molecule has 26 heavy (non-hydrogen) atoms. The number of nitrogens with zero attached hydrogens (tertiary/aromatic N) is 1. The van der Waals surface area contributed by atoms with Crippen molar-refractivity contribution < 1.29 is 14.3 Å². The molecule has 0 aromatic heterocycles. The van der Waals surface area contributed by atoms with Crippen LogP contribution in [0.15, 0.2) is 48.5 Å². The number of benzene rings is 2. The Kier molecular flexibility index (Phi) is 5.91. The summed E-state index contributed by atoms with van der Waals surface area (Å²) in [6.07, 6.45) is 1.15. The van der Waals surface area contributed by atoms with Crippen LogP contribution < -0.4 is 5.32 Å². The summed E-state index contributed by atoms with van der Waals surface area (Å²) < 4.78 is 13.4. The Hall–Kier alpha value is -1.95. The molecule has 1 atom stereocenters. The number of rotatable bonds is 6. The minimum absolute atomic E-state index is 0.116. The van der Waals surface area contributed by atoms with E-state index in [1.54, 1.807) is 11.0 Å². The maximum atomic E-state index is 13.4. The number of likely N-dealkylation sites (tertiary alicyclic amines) is 1. The molecule has 1 aliphatic heterocycles.